The van der Waals surface area contributed by atoms with Gasteiger partial charge in [-0.3, -0.25) is 9.69 Å². The standard InChI is InChI=1S/C22H20N4O5/c27-17-4-3-15-19(28)18(10-13-11-24-21-14(13)2-1-5-23-21)31-20(15)16(17)12-25-6-8-26(9-7-25)22(29)30/h1-5,10-11,27H,6-9,12H2,(H,23,24)(H,29,30)/b18-10-. The number of allylic oxidation sites excluding steroid dienone is 1. The molecule has 1 saturated heterocycles. The summed E-state index contributed by atoms with van der Waals surface area (Å²) in [5, 5.41) is 20.5. The van der Waals surface area contributed by atoms with Crippen molar-refractivity contribution < 1.29 is 24.5 Å². The lowest BCUT2D eigenvalue weighted by Gasteiger charge is -2.33. The average molecular weight is 420 g/mol. The minimum absolute atomic E-state index is 0.0461. The van der Waals surface area contributed by atoms with Gasteiger partial charge in [-0.05, 0) is 30.3 Å². The van der Waals surface area contributed by atoms with Crippen LogP contribution < -0.4 is 4.74 Å². The van der Waals surface area contributed by atoms with Crippen molar-refractivity contribution in [2.24, 2.45) is 0 Å². The van der Waals surface area contributed by atoms with Gasteiger partial charge in [0.2, 0.25) is 5.78 Å². The van der Waals surface area contributed by atoms with E-state index in [1.165, 1.54) is 11.0 Å². The van der Waals surface area contributed by atoms with E-state index < -0.39 is 6.09 Å². The van der Waals surface area contributed by atoms with Gasteiger partial charge in [0.15, 0.2) is 5.76 Å². The van der Waals surface area contributed by atoms with Gasteiger partial charge in [0.1, 0.15) is 17.1 Å². The number of aromatic amines is 1. The highest BCUT2D eigenvalue weighted by Gasteiger charge is 2.32. The summed E-state index contributed by atoms with van der Waals surface area (Å²) < 4.78 is 5.94. The summed E-state index contributed by atoms with van der Waals surface area (Å²) in [6.07, 6.45) is 4.20. The van der Waals surface area contributed by atoms with Gasteiger partial charge in [0.25, 0.3) is 0 Å². The molecule has 0 atom stereocenters. The van der Waals surface area contributed by atoms with Gasteiger partial charge in [-0.1, -0.05) is 0 Å². The number of ether oxygens (including phenoxy) is 1. The number of nitrogens with zero attached hydrogens (tertiary/aromatic N) is 3. The number of nitrogens with one attached hydrogen (secondary N) is 1. The van der Waals surface area contributed by atoms with Gasteiger partial charge in [0.05, 0.1) is 11.1 Å². The fourth-order valence-electron chi connectivity index (χ4n) is 4.01. The average Bonchev–Trinajstić information content (AvgIpc) is 3.32. The van der Waals surface area contributed by atoms with Crippen molar-refractivity contribution in [1.82, 2.24) is 19.8 Å². The number of amides is 1. The number of benzene rings is 1. The molecule has 0 unspecified atom stereocenters. The number of ketones is 1. The molecule has 5 rings (SSSR count). The van der Waals surface area contributed by atoms with Crippen LogP contribution in [0, 0.1) is 0 Å². The third-order valence-corrected chi connectivity index (χ3v) is 5.71. The van der Waals surface area contributed by atoms with Crippen LogP contribution >= 0.6 is 0 Å². The summed E-state index contributed by atoms with van der Waals surface area (Å²) in [5.74, 6) is 0.340. The minimum Gasteiger partial charge on any atom is -0.507 e. The first-order chi connectivity index (χ1) is 15.0. The molecule has 0 saturated carbocycles. The maximum Gasteiger partial charge on any atom is 0.407 e. The minimum atomic E-state index is -0.931. The number of phenolic OH excluding ortho intramolecular Hbond substituents is 1. The zero-order valence-corrected chi connectivity index (χ0v) is 16.5. The van der Waals surface area contributed by atoms with E-state index in [-0.39, 0.29) is 17.3 Å². The van der Waals surface area contributed by atoms with Crippen LogP contribution in [0.4, 0.5) is 4.79 Å². The van der Waals surface area contributed by atoms with Crippen LogP contribution in [-0.4, -0.2) is 68.0 Å². The first kappa shape index (κ1) is 19.1. The number of rotatable bonds is 3. The number of fused-ring (bicyclic) bond motifs is 2. The first-order valence-electron chi connectivity index (χ1n) is 9.92. The molecule has 1 fully saturated rings. The molecule has 2 aliphatic heterocycles. The number of phenols is 1. The molecule has 0 spiro atoms. The molecule has 0 radical (unpaired) electrons. The van der Waals surface area contributed by atoms with E-state index in [1.54, 1.807) is 24.5 Å². The van der Waals surface area contributed by atoms with E-state index >= 15 is 0 Å². The number of pyridine rings is 1. The first-order valence-corrected chi connectivity index (χ1v) is 9.92. The highest BCUT2D eigenvalue weighted by Crippen LogP contribution is 2.40. The smallest absolute Gasteiger partial charge is 0.407 e. The molecule has 0 bridgehead atoms. The highest BCUT2D eigenvalue weighted by molar-refractivity contribution is 6.15. The van der Waals surface area contributed by atoms with E-state index in [0.29, 0.717) is 49.6 Å². The third kappa shape index (κ3) is 3.38. The molecule has 9 heteroatoms. The van der Waals surface area contributed by atoms with Gasteiger partial charge in [-0.2, -0.15) is 0 Å². The number of aromatic nitrogens is 2. The van der Waals surface area contributed by atoms with Gasteiger partial charge in [-0.25, -0.2) is 9.78 Å². The van der Waals surface area contributed by atoms with E-state index in [0.717, 1.165) is 16.6 Å². The number of carbonyl (C=O) groups excluding carboxylic acids is 1. The molecule has 3 aromatic rings. The molecule has 2 aromatic heterocycles. The molecule has 1 aromatic carbocycles. The molecule has 0 aliphatic carbocycles. The van der Waals surface area contributed by atoms with Crippen LogP contribution in [0.3, 0.4) is 0 Å². The van der Waals surface area contributed by atoms with Crippen LogP contribution in [0.25, 0.3) is 17.1 Å². The molecule has 2 aliphatic rings. The van der Waals surface area contributed by atoms with Crippen molar-refractivity contribution in [2.45, 2.75) is 6.54 Å². The zero-order valence-electron chi connectivity index (χ0n) is 16.5. The Morgan fingerprint density at radius 2 is 2.03 bits per heavy atom. The van der Waals surface area contributed by atoms with Crippen LogP contribution in [0.1, 0.15) is 21.5 Å². The molecule has 9 nitrogen and oxygen atoms in total. The lowest BCUT2D eigenvalue weighted by Crippen LogP contribution is -2.47. The van der Waals surface area contributed by atoms with E-state index in [2.05, 4.69) is 9.97 Å². The molecule has 158 valence electrons. The second-order valence-electron chi connectivity index (χ2n) is 7.57. The van der Waals surface area contributed by atoms with Gasteiger partial charge >= 0.3 is 6.09 Å². The summed E-state index contributed by atoms with van der Waals surface area (Å²) in [6.45, 7) is 2.22. The monoisotopic (exact) mass is 420 g/mol. The number of hydrogen-bond donors (Lipinski definition) is 3. The van der Waals surface area contributed by atoms with Crippen LogP contribution in [-0.2, 0) is 6.54 Å². The Labute approximate surface area is 177 Å². The zero-order chi connectivity index (χ0) is 21.5. The van der Waals surface area contributed by atoms with Crippen LogP contribution in [0.2, 0.25) is 0 Å². The maximum absolute atomic E-state index is 12.9. The van der Waals surface area contributed by atoms with Crippen molar-refractivity contribution in [3.05, 3.63) is 59.1 Å². The van der Waals surface area contributed by atoms with E-state index in [4.69, 9.17) is 9.84 Å². The Balaban J connectivity index is 1.42. The summed E-state index contributed by atoms with van der Waals surface area (Å²) in [4.78, 5) is 34.8. The summed E-state index contributed by atoms with van der Waals surface area (Å²) in [5.41, 5.74) is 2.44. The summed E-state index contributed by atoms with van der Waals surface area (Å²) in [6, 6.07) is 6.80. The molecule has 31 heavy (non-hydrogen) atoms. The fourth-order valence-corrected chi connectivity index (χ4v) is 4.01. The Hall–Kier alpha value is -3.85. The molecule has 3 N–H and O–H groups in total. The quantitative estimate of drug-likeness (QED) is 0.558. The topological polar surface area (TPSA) is 119 Å². The third-order valence-electron chi connectivity index (χ3n) is 5.71. The maximum atomic E-state index is 12.9. The van der Waals surface area contributed by atoms with Crippen molar-refractivity contribution in [2.75, 3.05) is 26.2 Å². The predicted octanol–water partition coefficient (Wildman–Crippen LogP) is 2.68. The number of carbonyl (C=O) groups is 2. The van der Waals surface area contributed by atoms with Crippen LogP contribution in [0.15, 0.2) is 42.4 Å². The largest absolute Gasteiger partial charge is 0.507 e. The SMILES string of the molecule is O=C1/C(=C/c2c[nH]c3ncccc23)Oc2c1ccc(O)c2CN1CCN(C(=O)O)CC1. The Morgan fingerprint density at radius 3 is 2.81 bits per heavy atom. The number of piperazine rings is 1. The number of aromatic hydroxyl groups is 1. The summed E-state index contributed by atoms with van der Waals surface area (Å²) in [7, 11) is 0. The van der Waals surface area contributed by atoms with Crippen molar-refractivity contribution in [3.8, 4) is 11.5 Å². The molecule has 4 heterocycles. The van der Waals surface area contributed by atoms with Crippen molar-refractivity contribution in [1.29, 1.82) is 0 Å². The molecular weight excluding hydrogens is 400 g/mol. The number of carboxylic acid groups (broad SMARTS) is 1. The van der Waals surface area contributed by atoms with Gasteiger partial charge in [-0.15, -0.1) is 0 Å². The lowest BCUT2D eigenvalue weighted by atomic mass is 10.0. The number of H-pyrrole nitrogens is 1. The second kappa shape index (κ2) is 7.44. The highest BCUT2D eigenvalue weighted by atomic mass is 16.5. The number of hydrogen-bond acceptors (Lipinski definition) is 6. The second-order valence-corrected chi connectivity index (χ2v) is 7.57. The van der Waals surface area contributed by atoms with Crippen LogP contribution in [0.5, 0.6) is 11.5 Å². The number of Topliss-reactive ketones (excluding diaryl/α,β-unsaturated/α-hetero) is 1. The molecular formula is C22H20N4O5. The lowest BCUT2D eigenvalue weighted by molar-refractivity contribution is 0.101. The predicted molar refractivity (Wildman–Crippen MR) is 112 cm³/mol. The van der Waals surface area contributed by atoms with E-state index in [9.17, 15) is 14.7 Å². The van der Waals surface area contributed by atoms with Crippen molar-refractivity contribution >= 4 is 29.0 Å². The van der Waals surface area contributed by atoms with E-state index in [1.807, 2.05) is 17.0 Å². The summed E-state index contributed by atoms with van der Waals surface area (Å²) >= 11 is 0. The van der Waals surface area contributed by atoms with Crippen molar-refractivity contribution in [3.63, 3.8) is 0 Å². The van der Waals surface area contributed by atoms with Gasteiger partial charge in [0, 0.05) is 56.1 Å². The fraction of sp³-hybridized carbons (Fsp3) is 0.227. The Bertz CT molecular complexity index is 1220. The van der Waals surface area contributed by atoms with Gasteiger partial charge < -0.3 is 24.8 Å². The normalized spacial score (nSPS) is 17.9. The molecule has 1 amide bonds. The Morgan fingerprint density at radius 1 is 1.23 bits per heavy atom. The Kier molecular flexibility index (Phi) is 4.59.